The molecule has 0 amide bonds. The van der Waals surface area contributed by atoms with Crippen molar-refractivity contribution in [1.29, 1.82) is 0 Å². The molecular formula is C10H15NO. The van der Waals surface area contributed by atoms with Crippen LogP contribution in [0, 0.1) is 5.92 Å². The van der Waals surface area contributed by atoms with Crippen molar-refractivity contribution in [3.63, 3.8) is 0 Å². The van der Waals surface area contributed by atoms with E-state index in [0.717, 1.165) is 26.1 Å². The van der Waals surface area contributed by atoms with E-state index in [1.54, 1.807) is 0 Å². The summed E-state index contributed by atoms with van der Waals surface area (Å²) in [6.45, 7) is 3.01. The summed E-state index contributed by atoms with van der Waals surface area (Å²) >= 11 is 0. The summed E-state index contributed by atoms with van der Waals surface area (Å²) in [5.41, 5.74) is 0. The molecule has 0 aromatic carbocycles. The van der Waals surface area contributed by atoms with Gasteiger partial charge in [-0.1, -0.05) is 24.3 Å². The molecule has 2 unspecified atom stereocenters. The van der Waals surface area contributed by atoms with Crippen molar-refractivity contribution < 1.29 is 4.74 Å². The van der Waals surface area contributed by atoms with Crippen LogP contribution in [0.4, 0.5) is 0 Å². The predicted molar refractivity (Wildman–Crippen MR) is 49.0 cm³/mol. The van der Waals surface area contributed by atoms with Crippen LogP contribution in [0.2, 0.25) is 0 Å². The molecule has 2 nitrogen and oxygen atoms in total. The van der Waals surface area contributed by atoms with Crippen LogP contribution < -0.4 is 5.32 Å². The smallest absolute Gasteiger partial charge is 0.0833 e. The third kappa shape index (κ3) is 1.76. The maximum absolute atomic E-state index is 5.71. The summed E-state index contributed by atoms with van der Waals surface area (Å²) in [4.78, 5) is 0. The number of rotatable bonds is 0. The zero-order valence-corrected chi connectivity index (χ0v) is 7.20. The van der Waals surface area contributed by atoms with E-state index in [2.05, 4.69) is 29.6 Å². The minimum atomic E-state index is 0.308. The van der Waals surface area contributed by atoms with Gasteiger partial charge >= 0.3 is 0 Å². The van der Waals surface area contributed by atoms with Gasteiger partial charge in [0.25, 0.3) is 0 Å². The van der Waals surface area contributed by atoms with Crippen molar-refractivity contribution in [2.75, 3.05) is 19.7 Å². The molecule has 0 bridgehead atoms. The highest BCUT2D eigenvalue weighted by Gasteiger charge is 2.19. The van der Waals surface area contributed by atoms with Gasteiger partial charge in [0.15, 0.2) is 0 Å². The number of fused-ring (bicyclic) bond motifs is 1. The van der Waals surface area contributed by atoms with E-state index in [0.29, 0.717) is 12.0 Å². The summed E-state index contributed by atoms with van der Waals surface area (Å²) in [5, 5.41) is 3.42. The second-order valence-corrected chi connectivity index (χ2v) is 3.33. The summed E-state index contributed by atoms with van der Waals surface area (Å²) in [6, 6.07) is 0. The van der Waals surface area contributed by atoms with E-state index in [1.807, 2.05) is 0 Å². The first-order chi connectivity index (χ1) is 5.97. The maximum Gasteiger partial charge on any atom is 0.0833 e. The monoisotopic (exact) mass is 165 g/mol. The molecule has 1 fully saturated rings. The van der Waals surface area contributed by atoms with E-state index < -0.39 is 0 Å². The van der Waals surface area contributed by atoms with Crippen molar-refractivity contribution in [1.82, 2.24) is 5.32 Å². The molecule has 12 heavy (non-hydrogen) atoms. The van der Waals surface area contributed by atoms with Crippen LogP contribution in [0.25, 0.3) is 0 Å². The second kappa shape index (κ2) is 3.87. The van der Waals surface area contributed by atoms with Crippen molar-refractivity contribution >= 4 is 0 Å². The van der Waals surface area contributed by atoms with Crippen LogP contribution in [0.3, 0.4) is 0 Å². The molecule has 1 saturated heterocycles. The van der Waals surface area contributed by atoms with Crippen molar-refractivity contribution in [3.8, 4) is 0 Å². The molecule has 1 aliphatic heterocycles. The van der Waals surface area contributed by atoms with E-state index in [9.17, 15) is 0 Å². The lowest BCUT2D eigenvalue weighted by atomic mass is 9.97. The quantitative estimate of drug-likeness (QED) is 0.580. The van der Waals surface area contributed by atoms with Crippen LogP contribution >= 0.6 is 0 Å². The minimum Gasteiger partial charge on any atom is -0.373 e. The van der Waals surface area contributed by atoms with E-state index in [1.165, 1.54) is 0 Å². The second-order valence-electron chi connectivity index (χ2n) is 3.33. The lowest BCUT2D eigenvalue weighted by molar-refractivity contribution is 0.0468. The molecular weight excluding hydrogens is 150 g/mol. The topological polar surface area (TPSA) is 21.3 Å². The highest BCUT2D eigenvalue weighted by molar-refractivity contribution is 5.16. The van der Waals surface area contributed by atoms with Gasteiger partial charge in [0.1, 0.15) is 0 Å². The van der Waals surface area contributed by atoms with Gasteiger partial charge in [-0.05, 0) is 13.0 Å². The molecule has 2 atom stereocenters. The normalized spacial score (nSPS) is 35.3. The van der Waals surface area contributed by atoms with Gasteiger partial charge in [-0.3, -0.25) is 0 Å². The molecule has 1 heterocycles. The van der Waals surface area contributed by atoms with Gasteiger partial charge in [-0.15, -0.1) is 0 Å². The fraction of sp³-hybridized carbons (Fsp3) is 0.600. The summed E-state index contributed by atoms with van der Waals surface area (Å²) in [5.74, 6) is 0.537. The zero-order chi connectivity index (χ0) is 8.23. The lowest BCUT2D eigenvalue weighted by Gasteiger charge is -2.27. The largest absolute Gasteiger partial charge is 0.373 e. The van der Waals surface area contributed by atoms with Crippen molar-refractivity contribution in [2.24, 2.45) is 5.92 Å². The summed E-state index contributed by atoms with van der Waals surface area (Å²) < 4.78 is 5.71. The fourth-order valence-electron chi connectivity index (χ4n) is 1.68. The Labute approximate surface area is 73.3 Å². The molecule has 0 radical (unpaired) electrons. The number of allylic oxidation sites excluding steroid dienone is 2. The molecule has 2 rings (SSSR count). The van der Waals surface area contributed by atoms with Gasteiger partial charge in [-0.2, -0.15) is 0 Å². The van der Waals surface area contributed by atoms with Crippen LogP contribution in [0.15, 0.2) is 24.3 Å². The Hall–Kier alpha value is -0.600. The molecule has 2 aliphatic rings. The van der Waals surface area contributed by atoms with Crippen LogP contribution in [0.1, 0.15) is 6.42 Å². The molecule has 1 N–H and O–H groups in total. The molecule has 0 saturated carbocycles. The first kappa shape index (κ1) is 8.02. The number of ether oxygens (including phenoxy) is 1. The van der Waals surface area contributed by atoms with Gasteiger partial charge in [-0.25, -0.2) is 0 Å². The van der Waals surface area contributed by atoms with Gasteiger partial charge in [0.2, 0.25) is 0 Å². The first-order valence-electron chi connectivity index (χ1n) is 4.64. The average molecular weight is 165 g/mol. The van der Waals surface area contributed by atoms with Gasteiger partial charge in [0.05, 0.1) is 6.10 Å². The van der Waals surface area contributed by atoms with E-state index in [-0.39, 0.29) is 0 Å². The molecule has 66 valence electrons. The zero-order valence-electron chi connectivity index (χ0n) is 7.20. The first-order valence-corrected chi connectivity index (χ1v) is 4.64. The van der Waals surface area contributed by atoms with Crippen LogP contribution in [0.5, 0.6) is 0 Å². The third-order valence-corrected chi connectivity index (χ3v) is 2.38. The summed E-state index contributed by atoms with van der Waals surface area (Å²) in [6.07, 6.45) is 9.99. The highest BCUT2D eigenvalue weighted by Crippen LogP contribution is 2.16. The molecule has 0 aromatic rings. The van der Waals surface area contributed by atoms with Gasteiger partial charge in [0, 0.05) is 19.1 Å². The van der Waals surface area contributed by atoms with E-state index >= 15 is 0 Å². The molecule has 2 heteroatoms. The van der Waals surface area contributed by atoms with Crippen LogP contribution in [-0.4, -0.2) is 25.8 Å². The highest BCUT2D eigenvalue weighted by atomic mass is 16.5. The third-order valence-electron chi connectivity index (χ3n) is 2.38. The number of hydrogen-bond acceptors (Lipinski definition) is 2. The SMILES string of the molecule is C1=CC2CNCCCOC2C=C1. The Morgan fingerprint density at radius 2 is 2.17 bits per heavy atom. The average Bonchev–Trinajstić information content (AvgIpc) is 2.06. The Balaban J connectivity index is 2.00. The Bertz CT molecular complexity index is 176. The molecule has 0 spiro atoms. The Morgan fingerprint density at radius 1 is 1.25 bits per heavy atom. The maximum atomic E-state index is 5.71. The number of hydrogen-bond donors (Lipinski definition) is 1. The molecule has 0 aromatic heterocycles. The predicted octanol–water partition coefficient (Wildman–Crippen LogP) is 1.11. The fourth-order valence-corrected chi connectivity index (χ4v) is 1.68. The Kier molecular flexibility index (Phi) is 2.59. The minimum absolute atomic E-state index is 0.308. The standard InChI is InChI=1S/C10H15NO/c1-2-5-10-9(4-1)8-11-6-3-7-12-10/h1-2,4-5,9-11H,3,6-8H2. The summed E-state index contributed by atoms with van der Waals surface area (Å²) in [7, 11) is 0. The van der Waals surface area contributed by atoms with E-state index in [4.69, 9.17) is 4.74 Å². The van der Waals surface area contributed by atoms with Gasteiger partial charge < -0.3 is 10.1 Å². The Morgan fingerprint density at radius 3 is 3.17 bits per heavy atom. The van der Waals surface area contributed by atoms with Crippen LogP contribution in [-0.2, 0) is 4.74 Å². The lowest BCUT2D eigenvalue weighted by Crippen LogP contribution is -2.35. The number of nitrogens with one attached hydrogen (secondary N) is 1. The molecule has 1 aliphatic carbocycles. The van der Waals surface area contributed by atoms with Crippen molar-refractivity contribution in [2.45, 2.75) is 12.5 Å². The van der Waals surface area contributed by atoms with Crippen molar-refractivity contribution in [3.05, 3.63) is 24.3 Å².